The first-order valence-corrected chi connectivity index (χ1v) is 10.6. The molecule has 0 saturated carbocycles. The Kier molecular flexibility index (Phi) is 5.27. The number of thiophene rings is 1. The van der Waals surface area contributed by atoms with Gasteiger partial charge in [0.15, 0.2) is 0 Å². The van der Waals surface area contributed by atoms with Gasteiger partial charge in [-0.25, -0.2) is 8.42 Å². The van der Waals surface area contributed by atoms with Crippen LogP contribution in [0, 0.1) is 13.8 Å². The van der Waals surface area contributed by atoms with Gasteiger partial charge < -0.3 is 5.32 Å². The molecule has 1 aliphatic heterocycles. The van der Waals surface area contributed by atoms with Crippen molar-refractivity contribution in [2.45, 2.75) is 37.3 Å². The van der Waals surface area contributed by atoms with E-state index in [4.69, 9.17) is 0 Å². The van der Waals surface area contributed by atoms with Crippen LogP contribution in [-0.2, 0) is 21.2 Å². The Morgan fingerprint density at radius 1 is 1.16 bits per heavy atom. The smallest absolute Gasteiger partial charge is 0.252 e. The predicted octanol–water partition coefficient (Wildman–Crippen LogP) is 3.33. The van der Waals surface area contributed by atoms with Crippen molar-refractivity contribution < 1.29 is 13.2 Å². The van der Waals surface area contributed by atoms with Crippen molar-refractivity contribution >= 4 is 33.0 Å². The highest BCUT2D eigenvalue weighted by Gasteiger charge is 2.28. The van der Waals surface area contributed by atoms with E-state index in [1.807, 2.05) is 32.0 Å². The highest BCUT2D eigenvalue weighted by atomic mass is 32.2. The molecule has 3 rings (SSSR count). The second-order valence-corrected chi connectivity index (χ2v) is 9.71. The minimum Gasteiger partial charge on any atom is -0.326 e. The lowest BCUT2D eigenvalue weighted by Gasteiger charge is -2.13. The van der Waals surface area contributed by atoms with Crippen LogP contribution in [-0.4, -0.2) is 31.7 Å². The SMILES string of the molecule is Cc1ccc(C)c(NC(=O)Cc2ccc(S(=O)(=O)N3CCCC3)s2)c1. The molecule has 5 nitrogen and oxygen atoms in total. The van der Waals surface area contributed by atoms with Gasteiger partial charge in [0.1, 0.15) is 4.21 Å². The zero-order valence-electron chi connectivity index (χ0n) is 14.4. The Bertz CT molecular complexity index is 881. The molecule has 0 aliphatic carbocycles. The van der Waals surface area contributed by atoms with Crippen molar-refractivity contribution in [1.29, 1.82) is 0 Å². The summed E-state index contributed by atoms with van der Waals surface area (Å²) in [5, 5.41) is 2.91. The third kappa shape index (κ3) is 4.11. The van der Waals surface area contributed by atoms with Crippen LogP contribution in [0.4, 0.5) is 5.69 Å². The minimum absolute atomic E-state index is 0.138. The maximum Gasteiger partial charge on any atom is 0.252 e. The summed E-state index contributed by atoms with van der Waals surface area (Å²) in [7, 11) is -3.40. The fraction of sp³-hybridized carbons (Fsp3) is 0.389. The Morgan fingerprint density at radius 3 is 2.60 bits per heavy atom. The van der Waals surface area contributed by atoms with Gasteiger partial charge in [-0.2, -0.15) is 4.31 Å². The normalized spacial score (nSPS) is 15.4. The molecule has 0 radical (unpaired) electrons. The molecule has 1 aliphatic rings. The minimum atomic E-state index is -3.40. The Labute approximate surface area is 152 Å². The number of sulfonamides is 1. The third-order valence-electron chi connectivity index (χ3n) is 4.30. The summed E-state index contributed by atoms with van der Waals surface area (Å²) in [5.74, 6) is -0.138. The second-order valence-electron chi connectivity index (χ2n) is 6.38. The molecular weight excluding hydrogens is 356 g/mol. The van der Waals surface area contributed by atoms with E-state index in [1.165, 1.54) is 15.6 Å². The van der Waals surface area contributed by atoms with Crippen LogP contribution in [0.5, 0.6) is 0 Å². The molecule has 0 atom stereocenters. The van der Waals surface area contributed by atoms with Crippen LogP contribution < -0.4 is 5.32 Å². The largest absolute Gasteiger partial charge is 0.326 e. The van der Waals surface area contributed by atoms with E-state index in [2.05, 4.69) is 5.32 Å². The standard InChI is InChI=1S/C18H22N2O3S2/c1-13-5-6-14(2)16(11-13)19-17(21)12-15-7-8-18(24-15)25(22,23)20-9-3-4-10-20/h5-8,11H,3-4,9-10,12H2,1-2H3,(H,19,21). The molecule has 0 spiro atoms. The average molecular weight is 379 g/mol. The number of rotatable bonds is 5. The van der Waals surface area contributed by atoms with Gasteiger partial charge in [-0.15, -0.1) is 11.3 Å². The molecule has 1 saturated heterocycles. The van der Waals surface area contributed by atoms with Crippen LogP contribution in [0.2, 0.25) is 0 Å². The van der Waals surface area contributed by atoms with Crippen LogP contribution >= 0.6 is 11.3 Å². The lowest BCUT2D eigenvalue weighted by atomic mass is 10.1. The molecular formula is C18H22N2O3S2. The summed E-state index contributed by atoms with van der Waals surface area (Å²) in [6, 6.07) is 9.25. The third-order valence-corrected chi connectivity index (χ3v) is 7.75. The molecule has 2 heterocycles. The summed E-state index contributed by atoms with van der Waals surface area (Å²) in [6.07, 6.45) is 2.00. The van der Waals surface area contributed by atoms with Gasteiger partial charge in [-0.1, -0.05) is 12.1 Å². The molecule has 2 aromatic rings. The quantitative estimate of drug-likeness (QED) is 0.868. The first-order valence-electron chi connectivity index (χ1n) is 8.32. The summed E-state index contributed by atoms with van der Waals surface area (Å²) < 4.78 is 26.9. The molecule has 1 aromatic carbocycles. The average Bonchev–Trinajstić information content (AvgIpc) is 3.22. The topological polar surface area (TPSA) is 66.5 Å². The Hall–Kier alpha value is -1.70. The zero-order chi connectivity index (χ0) is 18.0. The van der Waals surface area contributed by atoms with Crippen LogP contribution in [0.25, 0.3) is 0 Å². The van der Waals surface area contributed by atoms with Crippen molar-refractivity contribution in [3.05, 3.63) is 46.3 Å². The second kappa shape index (κ2) is 7.27. The van der Waals surface area contributed by atoms with Crippen molar-refractivity contribution in [2.75, 3.05) is 18.4 Å². The van der Waals surface area contributed by atoms with Gasteiger partial charge in [-0.3, -0.25) is 4.79 Å². The summed E-state index contributed by atoms with van der Waals surface area (Å²) in [6.45, 7) is 5.09. The maximum atomic E-state index is 12.5. The van der Waals surface area contributed by atoms with E-state index in [0.29, 0.717) is 17.3 Å². The number of benzene rings is 1. The summed E-state index contributed by atoms with van der Waals surface area (Å²) >= 11 is 1.18. The van der Waals surface area contributed by atoms with Gasteiger partial charge >= 0.3 is 0 Å². The maximum absolute atomic E-state index is 12.5. The van der Waals surface area contributed by atoms with E-state index >= 15 is 0 Å². The Balaban J connectivity index is 1.68. The highest BCUT2D eigenvalue weighted by molar-refractivity contribution is 7.91. The summed E-state index contributed by atoms with van der Waals surface area (Å²) in [5.41, 5.74) is 2.88. The van der Waals surface area contributed by atoms with Crippen LogP contribution in [0.1, 0.15) is 28.8 Å². The molecule has 1 aromatic heterocycles. The molecule has 1 N–H and O–H groups in total. The number of hydrogen-bond acceptors (Lipinski definition) is 4. The summed E-state index contributed by atoms with van der Waals surface area (Å²) in [4.78, 5) is 13.0. The molecule has 0 bridgehead atoms. The fourth-order valence-corrected chi connectivity index (χ4v) is 5.90. The highest BCUT2D eigenvalue weighted by Crippen LogP contribution is 2.28. The Morgan fingerprint density at radius 2 is 1.88 bits per heavy atom. The van der Waals surface area contributed by atoms with Gasteiger partial charge in [-0.05, 0) is 56.0 Å². The number of carbonyl (C=O) groups is 1. The fourth-order valence-electron chi connectivity index (χ4n) is 2.87. The van der Waals surface area contributed by atoms with E-state index in [1.54, 1.807) is 12.1 Å². The van der Waals surface area contributed by atoms with Crippen molar-refractivity contribution in [3.63, 3.8) is 0 Å². The van der Waals surface area contributed by atoms with Crippen molar-refractivity contribution in [1.82, 2.24) is 4.31 Å². The van der Waals surface area contributed by atoms with Gasteiger partial charge in [0.05, 0.1) is 6.42 Å². The number of amides is 1. The van der Waals surface area contributed by atoms with Crippen LogP contribution in [0.3, 0.4) is 0 Å². The lowest BCUT2D eigenvalue weighted by molar-refractivity contribution is -0.115. The molecule has 0 unspecified atom stereocenters. The van der Waals surface area contributed by atoms with Gasteiger partial charge in [0.25, 0.3) is 10.0 Å². The van der Waals surface area contributed by atoms with E-state index < -0.39 is 10.0 Å². The van der Waals surface area contributed by atoms with E-state index in [0.717, 1.165) is 34.5 Å². The number of aryl methyl sites for hydroxylation is 2. The molecule has 134 valence electrons. The first-order chi connectivity index (χ1) is 11.9. The zero-order valence-corrected chi connectivity index (χ0v) is 16.0. The number of anilines is 1. The first kappa shape index (κ1) is 18.1. The number of nitrogens with one attached hydrogen (secondary N) is 1. The van der Waals surface area contributed by atoms with Crippen LogP contribution in [0.15, 0.2) is 34.5 Å². The number of nitrogens with zero attached hydrogens (tertiary/aromatic N) is 1. The van der Waals surface area contributed by atoms with E-state index in [-0.39, 0.29) is 12.3 Å². The number of hydrogen-bond donors (Lipinski definition) is 1. The molecule has 1 amide bonds. The number of carbonyl (C=O) groups excluding carboxylic acids is 1. The predicted molar refractivity (Wildman–Crippen MR) is 101 cm³/mol. The van der Waals surface area contributed by atoms with Gasteiger partial charge in [0.2, 0.25) is 5.91 Å². The molecule has 25 heavy (non-hydrogen) atoms. The van der Waals surface area contributed by atoms with Crippen molar-refractivity contribution in [2.24, 2.45) is 0 Å². The van der Waals surface area contributed by atoms with Gasteiger partial charge in [0, 0.05) is 23.7 Å². The van der Waals surface area contributed by atoms with Crippen molar-refractivity contribution in [3.8, 4) is 0 Å². The monoisotopic (exact) mass is 378 g/mol. The lowest BCUT2D eigenvalue weighted by Crippen LogP contribution is -2.27. The van der Waals surface area contributed by atoms with E-state index in [9.17, 15) is 13.2 Å². The molecule has 1 fully saturated rings. The molecule has 7 heteroatoms.